The van der Waals surface area contributed by atoms with E-state index in [9.17, 15) is 8.42 Å². The molecule has 5 nitrogen and oxygen atoms in total. The number of likely N-dealkylation sites (N-methyl/N-ethyl adjacent to an activating group) is 1. The van der Waals surface area contributed by atoms with Gasteiger partial charge in [-0.2, -0.15) is 0 Å². The molecule has 1 N–H and O–H groups in total. The molecule has 7 heteroatoms. The summed E-state index contributed by atoms with van der Waals surface area (Å²) in [6, 6.07) is 0. The highest BCUT2D eigenvalue weighted by Gasteiger charge is 2.16. The molecule has 0 saturated carbocycles. The molecule has 0 amide bonds. The van der Waals surface area contributed by atoms with Crippen LogP contribution in [0.5, 0.6) is 0 Å². The van der Waals surface area contributed by atoms with Gasteiger partial charge in [-0.1, -0.05) is 6.92 Å². The monoisotopic (exact) mass is 311 g/mol. The lowest BCUT2D eigenvalue weighted by molar-refractivity contribution is 0.153. The Labute approximate surface area is 122 Å². The molecule has 0 aliphatic carbocycles. The van der Waals surface area contributed by atoms with Crippen LogP contribution in [0.4, 0.5) is 0 Å². The van der Waals surface area contributed by atoms with E-state index in [0.717, 1.165) is 39.1 Å². The van der Waals surface area contributed by atoms with Crippen molar-refractivity contribution in [2.24, 2.45) is 5.92 Å². The van der Waals surface area contributed by atoms with E-state index < -0.39 is 10.0 Å². The van der Waals surface area contributed by atoms with Gasteiger partial charge in [0.15, 0.2) is 0 Å². The number of nitrogens with zero attached hydrogens (tertiary/aromatic N) is 2. The van der Waals surface area contributed by atoms with E-state index in [4.69, 9.17) is 11.6 Å². The van der Waals surface area contributed by atoms with Crippen LogP contribution in [0.25, 0.3) is 0 Å². The first-order valence-corrected chi connectivity index (χ1v) is 9.06. The summed E-state index contributed by atoms with van der Waals surface area (Å²) >= 11 is 5.63. The first-order chi connectivity index (χ1) is 8.93. The van der Waals surface area contributed by atoms with Crippen molar-refractivity contribution in [2.75, 3.05) is 57.9 Å². The number of rotatable bonds is 8. The van der Waals surface area contributed by atoms with Crippen molar-refractivity contribution in [3.05, 3.63) is 0 Å². The Kier molecular flexibility index (Phi) is 7.61. The summed E-state index contributed by atoms with van der Waals surface area (Å²) in [5.74, 6) is 0.490. The lowest BCUT2D eigenvalue weighted by Gasteiger charge is -2.32. The fraction of sp³-hybridized carbons (Fsp3) is 1.00. The molecule has 0 radical (unpaired) electrons. The molecule has 1 fully saturated rings. The van der Waals surface area contributed by atoms with Gasteiger partial charge in [-0.25, -0.2) is 13.1 Å². The van der Waals surface area contributed by atoms with Crippen LogP contribution in [0, 0.1) is 5.92 Å². The predicted octanol–water partition coefficient (Wildman–Crippen LogP) is 0.418. The van der Waals surface area contributed by atoms with Crippen molar-refractivity contribution in [3.63, 3.8) is 0 Å². The minimum absolute atomic E-state index is 0.00296. The van der Waals surface area contributed by atoms with Gasteiger partial charge in [-0.3, -0.25) is 0 Å². The highest BCUT2D eigenvalue weighted by atomic mass is 35.5. The van der Waals surface area contributed by atoms with Crippen molar-refractivity contribution in [2.45, 2.75) is 13.3 Å². The van der Waals surface area contributed by atoms with Gasteiger partial charge < -0.3 is 9.80 Å². The Morgan fingerprint density at radius 1 is 1.26 bits per heavy atom. The normalized spacial score (nSPS) is 20.6. The number of sulfonamides is 1. The molecule has 1 atom stereocenters. The molecule has 1 aliphatic rings. The minimum atomic E-state index is -3.17. The summed E-state index contributed by atoms with van der Waals surface area (Å²) in [6.07, 6.45) is 0.859. The number of piperazine rings is 1. The smallest absolute Gasteiger partial charge is 0.211 e. The number of nitrogens with one attached hydrogen (secondary N) is 1. The zero-order chi connectivity index (χ0) is 14.3. The molecule has 1 rings (SSSR count). The van der Waals surface area contributed by atoms with Crippen LogP contribution in [0.3, 0.4) is 0 Å². The fourth-order valence-corrected chi connectivity index (χ4v) is 3.76. The van der Waals surface area contributed by atoms with Gasteiger partial charge >= 0.3 is 0 Å². The summed E-state index contributed by atoms with van der Waals surface area (Å²) in [4.78, 5) is 4.70. The van der Waals surface area contributed by atoms with E-state index in [1.807, 2.05) is 6.92 Å². The molecular formula is C12H26ClN3O2S. The topological polar surface area (TPSA) is 52.7 Å². The number of hydrogen-bond acceptors (Lipinski definition) is 4. The average molecular weight is 312 g/mol. The summed E-state index contributed by atoms with van der Waals surface area (Å²) in [5.41, 5.74) is 0. The van der Waals surface area contributed by atoms with Gasteiger partial charge in [0.25, 0.3) is 0 Å². The highest BCUT2D eigenvalue weighted by molar-refractivity contribution is 7.89. The first-order valence-electron chi connectivity index (χ1n) is 6.87. The molecule has 19 heavy (non-hydrogen) atoms. The van der Waals surface area contributed by atoms with Gasteiger partial charge in [-0.15, -0.1) is 11.6 Å². The van der Waals surface area contributed by atoms with Crippen LogP contribution in [0.2, 0.25) is 0 Å². The second-order valence-corrected chi connectivity index (χ2v) is 7.59. The van der Waals surface area contributed by atoms with Crippen LogP contribution in [-0.4, -0.2) is 76.2 Å². The van der Waals surface area contributed by atoms with Gasteiger partial charge in [0.05, 0.1) is 5.75 Å². The van der Waals surface area contributed by atoms with E-state index in [1.54, 1.807) is 0 Å². The van der Waals surface area contributed by atoms with E-state index in [1.165, 1.54) is 0 Å². The lowest BCUT2D eigenvalue weighted by Crippen LogP contribution is -2.45. The number of alkyl halides is 1. The quantitative estimate of drug-likeness (QED) is 0.521. The maximum Gasteiger partial charge on any atom is 0.211 e. The second kappa shape index (κ2) is 8.42. The Hall–Kier alpha value is 0.120. The minimum Gasteiger partial charge on any atom is -0.304 e. The molecule has 0 bridgehead atoms. The van der Waals surface area contributed by atoms with Crippen LogP contribution in [-0.2, 0) is 10.0 Å². The molecule has 1 saturated heterocycles. The van der Waals surface area contributed by atoms with Gasteiger partial charge in [0, 0.05) is 38.6 Å². The van der Waals surface area contributed by atoms with Crippen molar-refractivity contribution < 1.29 is 8.42 Å². The highest BCUT2D eigenvalue weighted by Crippen LogP contribution is 2.03. The Morgan fingerprint density at radius 3 is 2.47 bits per heavy atom. The second-order valence-electron chi connectivity index (χ2n) is 5.43. The summed E-state index contributed by atoms with van der Waals surface area (Å²) in [6.45, 7) is 7.67. The Bertz CT molecular complexity index is 343. The third-order valence-electron chi connectivity index (χ3n) is 3.34. The van der Waals surface area contributed by atoms with E-state index in [-0.39, 0.29) is 11.7 Å². The Balaban J connectivity index is 2.13. The molecule has 0 aromatic rings. The molecule has 1 aliphatic heterocycles. The van der Waals surface area contributed by atoms with Crippen molar-refractivity contribution in [3.8, 4) is 0 Å². The SMILES string of the molecule is CC(CCl)CS(=O)(=O)NCCCN1CCN(C)CC1. The van der Waals surface area contributed by atoms with Crippen LogP contribution in [0.15, 0.2) is 0 Å². The Morgan fingerprint density at radius 2 is 1.89 bits per heavy atom. The first kappa shape index (κ1) is 17.2. The van der Waals surface area contributed by atoms with E-state index >= 15 is 0 Å². The van der Waals surface area contributed by atoms with E-state index in [2.05, 4.69) is 21.6 Å². The van der Waals surface area contributed by atoms with Crippen molar-refractivity contribution in [1.29, 1.82) is 0 Å². The number of hydrogen-bond donors (Lipinski definition) is 1. The van der Waals surface area contributed by atoms with E-state index in [0.29, 0.717) is 12.4 Å². The standard InChI is InChI=1S/C12H26ClN3O2S/c1-12(10-13)11-19(17,18)14-4-3-5-16-8-6-15(2)7-9-16/h12,14H,3-11H2,1-2H3. The van der Waals surface area contributed by atoms with Crippen LogP contribution < -0.4 is 4.72 Å². The predicted molar refractivity (Wildman–Crippen MR) is 80.2 cm³/mol. The lowest BCUT2D eigenvalue weighted by atomic mass is 10.3. The molecule has 114 valence electrons. The van der Waals surface area contributed by atoms with Crippen molar-refractivity contribution >= 4 is 21.6 Å². The maximum atomic E-state index is 11.7. The molecule has 1 unspecified atom stereocenters. The largest absolute Gasteiger partial charge is 0.304 e. The average Bonchev–Trinajstić information content (AvgIpc) is 2.36. The zero-order valence-corrected chi connectivity index (χ0v) is 13.5. The summed E-state index contributed by atoms with van der Waals surface area (Å²) in [7, 11) is -1.04. The summed E-state index contributed by atoms with van der Waals surface area (Å²) in [5, 5.41) is 0. The van der Waals surface area contributed by atoms with Crippen molar-refractivity contribution in [1.82, 2.24) is 14.5 Å². The van der Waals surface area contributed by atoms with Gasteiger partial charge in [-0.05, 0) is 25.9 Å². The summed E-state index contributed by atoms with van der Waals surface area (Å²) < 4.78 is 26.1. The fourth-order valence-electron chi connectivity index (χ4n) is 2.08. The molecule has 0 aromatic carbocycles. The molecule has 0 aromatic heterocycles. The van der Waals surface area contributed by atoms with Crippen LogP contribution >= 0.6 is 11.6 Å². The molecule has 0 spiro atoms. The van der Waals surface area contributed by atoms with Crippen LogP contribution in [0.1, 0.15) is 13.3 Å². The number of halogens is 1. The zero-order valence-electron chi connectivity index (χ0n) is 11.9. The van der Waals surface area contributed by atoms with Gasteiger partial charge in [0.2, 0.25) is 10.0 Å². The third kappa shape index (κ3) is 7.46. The maximum absolute atomic E-state index is 11.7. The third-order valence-corrected chi connectivity index (χ3v) is 5.51. The molecule has 1 heterocycles. The van der Waals surface area contributed by atoms with Gasteiger partial charge in [0.1, 0.15) is 0 Å². The molecular weight excluding hydrogens is 286 g/mol.